The van der Waals surface area contributed by atoms with Crippen molar-refractivity contribution in [2.45, 2.75) is 12.6 Å². The summed E-state index contributed by atoms with van der Waals surface area (Å²) in [5, 5.41) is 12.4. The number of hydrogen-bond donors (Lipinski definition) is 2. The maximum atomic E-state index is 9.28. The molecule has 0 aliphatic heterocycles. The smallest absolute Gasteiger partial charge is 0.0897 e. The maximum absolute atomic E-state index is 9.28. The van der Waals surface area contributed by atoms with Crippen molar-refractivity contribution in [3.8, 4) is 0 Å². The minimum atomic E-state index is -0.432. The second-order valence-electron chi connectivity index (χ2n) is 2.71. The molecule has 4 nitrogen and oxygen atoms in total. The van der Waals surface area contributed by atoms with Gasteiger partial charge in [-0.1, -0.05) is 0 Å². The third kappa shape index (κ3) is 4.33. The predicted octanol–water partition coefficient (Wildman–Crippen LogP) is 0.240. The summed E-state index contributed by atoms with van der Waals surface area (Å²) in [6, 6.07) is 0. The molecular weight excluding hydrogens is 188 g/mol. The average Bonchev–Trinajstić information content (AvgIpc) is 2.57. The molecule has 0 saturated carbocycles. The van der Waals surface area contributed by atoms with Gasteiger partial charge in [-0.15, -0.1) is 11.3 Å². The highest BCUT2D eigenvalue weighted by atomic mass is 32.1. The SMILES string of the molecule is COCC(O)CNCc1cncs1. The minimum absolute atomic E-state index is 0.371. The standard InChI is InChI=1S/C8H14N2O2S/c1-12-5-7(11)2-9-3-8-4-10-6-13-8/h4,6-7,9,11H,2-3,5H2,1H3. The molecule has 0 aliphatic carbocycles. The van der Waals surface area contributed by atoms with Crippen LogP contribution in [0.2, 0.25) is 0 Å². The summed E-state index contributed by atoms with van der Waals surface area (Å²) in [7, 11) is 1.58. The first kappa shape index (κ1) is 10.6. The first-order chi connectivity index (χ1) is 6.33. The van der Waals surface area contributed by atoms with Gasteiger partial charge in [-0.05, 0) is 0 Å². The summed E-state index contributed by atoms with van der Waals surface area (Å²) in [5.74, 6) is 0. The number of methoxy groups -OCH3 is 1. The van der Waals surface area contributed by atoms with E-state index >= 15 is 0 Å². The van der Waals surface area contributed by atoms with Crippen LogP contribution in [-0.4, -0.2) is 36.5 Å². The lowest BCUT2D eigenvalue weighted by Crippen LogP contribution is -2.29. The van der Waals surface area contributed by atoms with E-state index in [2.05, 4.69) is 10.3 Å². The van der Waals surface area contributed by atoms with Crippen LogP contribution in [0, 0.1) is 0 Å². The molecule has 1 aromatic heterocycles. The fourth-order valence-electron chi connectivity index (χ4n) is 0.943. The maximum Gasteiger partial charge on any atom is 0.0897 e. The normalized spacial score (nSPS) is 13.1. The molecule has 0 aliphatic rings. The molecule has 0 saturated heterocycles. The van der Waals surface area contributed by atoms with Crippen LogP contribution in [0.3, 0.4) is 0 Å². The highest BCUT2D eigenvalue weighted by molar-refractivity contribution is 7.09. The van der Waals surface area contributed by atoms with Gasteiger partial charge >= 0.3 is 0 Å². The number of rotatable bonds is 6. The van der Waals surface area contributed by atoms with Crippen molar-refractivity contribution in [1.82, 2.24) is 10.3 Å². The van der Waals surface area contributed by atoms with E-state index in [-0.39, 0.29) is 0 Å². The summed E-state index contributed by atoms with van der Waals surface area (Å²) in [5.41, 5.74) is 1.79. The monoisotopic (exact) mass is 202 g/mol. The molecule has 0 fully saturated rings. The third-order valence-corrected chi connectivity index (χ3v) is 2.30. The number of aromatic nitrogens is 1. The molecule has 1 atom stereocenters. The van der Waals surface area contributed by atoms with Crippen LogP contribution in [0.1, 0.15) is 4.88 Å². The quantitative estimate of drug-likeness (QED) is 0.694. The van der Waals surface area contributed by atoms with Gasteiger partial charge in [0.1, 0.15) is 0 Å². The molecule has 13 heavy (non-hydrogen) atoms. The van der Waals surface area contributed by atoms with Gasteiger partial charge in [-0.25, -0.2) is 0 Å². The summed E-state index contributed by atoms with van der Waals surface area (Å²) in [6.45, 7) is 1.67. The Morgan fingerprint density at radius 3 is 3.23 bits per heavy atom. The van der Waals surface area contributed by atoms with E-state index in [4.69, 9.17) is 4.74 Å². The zero-order valence-electron chi connectivity index (χ0n) is 7.56. The molecule has 0 radical (unpaired) electrons. The molecule has 5 heteroatoms. The minimum Gasteiger partial charge on any atom is -0.389 e. The number of nitrogens with zero attached hydrogens (tertiary/aromatic N) is 1. The van der Waals surface area contributed by atoms with Crippen molar-refractivity contribution in [2.24, 2.45) is 0 Å². The topological polar surface area (TPSA) is 54.4 Å². The van der Waals surface area contributed by atoms with Gasteiger partial charge in [-0.2, -0.15) is 0 Å². The Morgan fingerprint density at radius 1 is 1.77 bits per heavy atom. The van der Waals surface area contributed by atoms with Crippen LogP contribution in [0.15, 0.2) is 11.7 Å². The molecule has 1 rings (SSSR count). The van der Waals surface area contributed by atoms with E-state index in [0.717, 1.165) is 6.54 Å². The molecule has 0 amide bonds. The van der Waals surface area contributed by atoms with Crippen LogP contribution >= 0.6 is 11.3 Å². The Hall–Kier alpha value is -0.490. The van der Waals surface area contributed by atoms with E-state index in [9.17, 15) is 5.11 Å². The van der Waals surface area contributed by atoms with Gasteiger partial charge in [0.25, 0.3) is 0 Å². The Morgan fingerprint density at radius 2 is 2.62 bits per heavy atom. The van der Waals surface area contributed by atoms with Crippen LogP contribution in [0.4, 0.5) is 0 Å². The van der Waals surface area contributed by atoms with Gasteiger partial charge in [-0.3, -0.25) is 4.98 Å². The van der Waals surface area contributed by atoms with Gasteiger partial charge in [0.2, 0.25) is 0 Å². The molecule has 1 unspecified atom stereocenters. The van der Waals surface area contributed by atoms with Crippen LogP contribution < -0.4 is 5.32 Å². The number of aliphatic hydroxyl groups excluding tert-OH is 1. The summed E-state index contributed by atoms with van der Waals surface area (Å²) in [6.07, 6.45) is 1.39. The molecule has 1 aromatic rings. The highest BCUT2D eigenvalue weighted by Gasteiger charge is 2.02. The average molecular weight is 202 g/mol. The summed E-state index contributed by atoms with van der Waals surface area (Å²) in [4.78, 5) is 5.12. The van der Waals surface area contributed by atoms with Crippen molar-refractivity contribution < 1.29 is 9.84 Å². The van der Waals surface area contributed by atoms with Crippen LogP contribution in [-0.2, 0) is 11.3 Å². The Balaban J connectivity index is 2.07. The molecule has 0 bridgehead atoms. The van der Waals surface area contributed by atoms with Crippen molar-refractivity contribution in [2.75, 3.05) is 20.3 Å². The third-order valence-electron chi connectivity index (χ3n) is 1.52. The first-order valence-electron chi connectivity index (χ1n) is 4.08. The predicted molar refractivity (Wildman–Crippen MR) is 51.7 cm³/mol. The largest absolute Gasteiger partial charge is 0.389 e. The lowest BCUT2D eigenvalue weighted by molar-refractivity contribution is 0.0644. The van der Waals surface area contributed by atoms with Crippen LogP contribution in [0.25, 0.3) is 0 Å². The van der Waals surface area contributed by atoms with Crippen LogP contribution in [0.5, 0.6) is 0 Å². The van der Waals surface area contributed by atoms with Gasteiger partial charge in [0.05, 0.1) is 18.2 Å². The van der Waals surface area contributed by atoms with E-state index in [1.54, 1.807) is 24.0 Å². The van der Waals surface area contributed by atoms with Crippen molar-refractivity contribution in [3.05, 3.63) is 16.6 Å². The Bertz CT molecular complexity index is 216. The van der Waals surface area contributed by atoms with E-state index in [1.165, 1.54) is 4.88 Å². The van der Waals surface area contributed by atoms with E-state index in [1.807, 2.05) is 6.20 Å². The first-order valence-corrected chi connectivity index (χ1v) is 4.96. The molecular formula is C8H14N2O2S. The molecule has 74 valence electrons. The molecule has 1 heterocycles. The summed E-state index contributed by atoms with van der Waals surface area (Å²) < 4.78 is 4.79. The fraction of sp³-hybridized carbons (Fsp3) is 0.625. The molecule has 2 N–H and O–H groups in total. The fourth-order valence-corrected chi connectivity index (χ4v) is 1.51. The van der Waals surface area contributed by atoms with E-state index < -0.39 is 6.10 Å². The highest BCUT2D eigenvalue weighted by Crippen LogP contribution is 2.03. The van der Waals surface area contributed by atoms with E-state index in [0.29, 0.717) is 13.2 Å². The zero-order chi connectivity index (χ0) is 9.52. The van der Waals surface area contributed by atoms with Crippen molar-refractivity contribution >= 4 is 11.3 Å². The van der Waals surface area contributed by atoms with Gasteiger partial charge in [0.15, 0.2) is 0 Å². The molecule has 0 aromatic carbocycles. The number of thiazole rings is 1. The number of hydrogen-bond acceptors (Lipinski definition) is 5. The number of nitrogens with one attached hydrogen (secondary N) is 1. The summed E-state index contributed by atoms with van der Waals surface area (Å²) >= 11 is 1.60. The van der Waals surface area contributed by atoms with Gasteiger partial charge < -0.3 is 15.2 Å². The van der Waals surface area contributed by atoms with Crippen molar-refractivity contribution in [3.63, 3.8) is 0 Å². The second kappa shape index (κ2) is 6.04. The van der Waals surface area contributed by atoms with Crippen molar-refractivity contribution in [1.29, 1.82) is 0 Å². The second-order valence-corrected chi connectivity index (χ2v) is 3.68. The number of ether oxygens (including phenoxy) is 1. The van der Waals surface area contributed by atoms with Gasteiger partial charge in [0, 0.05) is 31.3 Å². The Kier molecular flexibility index (Phi) is 4.92. The Labute approximate surface area is 81.6 Å². The lowest BCUT2D eigenvalue weighted by atomic mass is 10.4. The number of aliphatic hydroxyl groups is 1. The molecule has 0 spiro atoms. The lowest BCUT2D eigenvalue weighted by Gasteiger charge is -2.09. The zero-order valence-corrected chi connectivity index (χ0v) is 8.38.